The van der Waals surface area contributed by atoms with Crippen LogP contribution in [0.15, 0.2) is 29.5 Å². The molecule has 1 heterocycles. The van der Waals surface area contributed by atoms with Crippen LogP contribution in [0, 0.1) is 0 Å². The van der Waals surface area contributed by atoms with E-state index < -0.39 is 0 Å². The lowest BCUT2D eigenvalue weighted by Gasteiger charge is -1.93. The van der Waals surface area contributed by atoms with Gasteiger partial charge in [0.05, 0.1) is 23.0 Å². The zero-order valence-electron chi connectivity index (χ0n) is 7.06. The van der Waals surface area contributed by atoms with Crippen LogP contribution in [0.1, 0.15) is 0 Å². The molecule has 1 aromatic heterocycles. The molecule has 0 atom stereocenters. The highest BCUT2D eigenvalue weighted by Crippen LogP contribution is 2.18. The third kappa shape index (κ3) is 1.23. The van der Waals surface area contributed by atoms with Gasteiger partial charge in [0.15, 0.2) is 0 Å². The van der Waals surface area contributed by atoms with Crippen molar-refractivity contribution in [2.75, 3.05) is 0 Å². The molecular weight excluding hydrogens is 166 g/mol. The second-order valence-electron chi connectivity index (χ2n) is 2.73. The Labute approximate surface area is 74.5 Å². The average Bonchev–Trinajstić information content (AvgIpc) is 2.48. The molecule has 0 saturated carbocycles. The van der Waals surface area contributed by atoms with Gasteiger partial charge in [-0.2, -0.15) is 4.99 Å². The van der Waals surface area contributed by atoms with Crippen LogP contribution in [0.2, 0.25) is 0 Å². The number of nitrogens with zero attached hydrogens (tertiary/aromatic N) is 3. The number of aliphatic imine (C=N–C) groups is 1. The van der Waals surface area contributed by atoms with Crippen LogP contribution in [-0.4, -0.2) is 15.6 Å². The number of hydrogen-bond donors (Lipinski definition) is 0. The van der Waals surface area contributed by atoms with Crippen LogP contribution < -0.4 is 0 Å². The number of hydrogen-bond acceptors (Lipinski definition) is 3. The van der Waals surface area contributed by atoms with Crippen LogP contribution in [0.25, 0.3) is 11.0 Å². The van der Waals surface area contributed by atoms with Gasteiger partial charge in [-0.1, -0.05) is 0 Å². The molecule has 4 nitrogen and oxygen atoms in total. The standard InChI is InChI=1S/C9H7N3O/c1-12-5-10-8-4-7(11-6-13)2-3-9(8)12/h2-5H,1H3. The molecule has 0 bridgehead atoms. The number of isocyanates is 1. The highest BCUT2D eigenvalue weighted by Gasteiger charge is 1.99. The van der Waals surface area contributed by atoms with Crippen LogP contribution in [-0.2, 0) is 11.8 Å². The summed E-state index contributed by atoms with van der Waals surface area (Å²) in [5.41, 5.74) is 2.44. The number of aromatic nitrogens is 2. The van der Waals surface area contributed by atoms with E-state index in [4.69, 9.17) is 0 Å². The molecule has 0 saturated heterocycles. The first kappa shape index (κ1) is 7.71. The summed E-state index contributed by atoms with van der Waals surface area (Å²) in [6.07, 6.45) is 3.22. The predicted molar refractivity (Wildman–Crippen MR) is 48.5 cm³/mol. The van der Waals surface area contributed by atoms with E-state index in [1.54, 1.807) is 18.5 Å². The van der Waals surface area contributed by atoms with Crippen molar-refractivity contribution in [3.63, 3.8) is 0 Å². The number of rotatable bonds is 1. The average molecular weight is 173 g/mol. The number of aryl methyl sites for hydroxylation is 1. The van der Waals surface area contributed by atoms with E-state index in [-0.39, 0.29) is 0 Å². The van der Waals surface area contributed by atoms with Gasteiger partial charge in [0.2, 0.25) is 6.08 Å². The Morgan fingerprint density at radius 2 is 2.38 bits per heavy atom. The van der Waals surface area contributed by atoms with E-state index in [1.165, 1.54) is 6.08 Å². The van der Waals surface area contributed by atoms with Crippen LogP contribution in [0.4, 0.5) is 5.69 Å². The van der Waals surface area contributed by atoms with Crippen molar-refractivity contribution in [2.45, 2.75) is 0 Å². The minimum absolute atomic E-state index is 0.584. The lowest BCUT2D eigenvalue weighted by molar-refractivity contribution is 0.565. The van der Waals surface area contributed by atoms with E-state index in [0.29, 0.717) is 5.69 Å². The smallest absolute Gasteiger partial charge is 0.240 e. The lowest BCUT2D eigenvalue weighted by Crippen LogP contribution is -1.82. The van der Waals surface area contributed by atoms with Gasteiger partial charge in [-0.25, -0.2) is 9.78 Å². The lowest BCUT2D eigenvalue weighted by atomic mass is 10.3. The van der Waals surface area contributed by atoms with Crippen molar-refractivity contribution in [3.05, 3.63) is 24.5 Å². The summed E-state index contributed by atoms with van der Waals surface area (Å²) < 4.78 is 1.91. The Hall–Kier alpha value is -1.93. The minimum Gasteiger partial charge on any atom is -0.334 e. The maximum atomic E-state index is 10.00. The molecule has 0 radical (unpaired) electrons. The van der Waals surface area contributed by atoms with Crippen molar-refractivity contribution >= 4 is 22.8 Å². The van der Waals surface area contributed by atoms with Gasteiger partial charge >= 0.3 is 0 Å². The zero-order valence-corrected chi connectivity index (χ0v) is 7.06. The Bertz CT molecular complexity index is 495. The molecule has 0 amide bonds. The first-order valence-corrected chi connectivity index (χ1v) is 3.80. The summed E-state index contributed by atoms with van der Waals surface area (Å²) in [5.74, 6) is 0. The third-order valence-electron chi connectivity index (χ3n) is 1.88. The topological polar surface area (TPSA) is 47.2 Å². The second kappa shape index (κ2) is 2.84. The second-order valence-corrected chi connectivity index (χ2v) is 2.73. The SMILES string of the molecule is Cn1cnc2cc(N=C=O)ccc21. The molecule has 4 heteroatoms. The van der Waals surface area contributed by atoms with E-state index in [1.807, 2.05) is 17.7 Å². The van der Waals surface area contributed by atoms with Gasteiger partial charge < -0.3 is 4.57 Å². The highest BCUT2D eigenvalue weighted by molar-refractivity contribution is 5.79. The number of carbonyl (C=O) groups excluding carboxylic acids is 1. The van der Waals surface area contributed by atoms with Crippen molar-refractivity contribution < 1.29 is 4.79 Å². The van der Waals surface area contributed by atoms with Gasteiger partial charge in [0.25, 0.3) is 0 Å². The zero-order chi connectivity index (χ0) is 9.26. The number of benzene rings is 1. The maximum absolute atomic E-state index is 10.00. The summed E-state index contributed by atoms with van der Waals surface area (Å²) in [4.78, 5) is 17.6. The summed E-state index contributed by atoms with van der Waals surface area (Å²) in [6.45, 7) is 0. The fourth-order valence-corrected chi connectivity index (χ4v) is 1.25. The molecule has 0 fully saturated rings. The van der Waals surface area contributed by atoms with E-state index in [9.17, 15) is 4.79 Å². The molecule has 2 rings (SSSR count). The van der Waals surface area contributed by atoms with Gasteiger partial charge in [-0.15, -0.1) is 0 Å². The number of fused-ring (bicyclic) bond motifs is 1. The molecular formula is C9H7N3O. The van der Waals surface area contributed by atoms with Crippen LogP contribution in [0.3, 0.4) is 0 Å². The van der Waals surface area contributed by atoms with Gasteiger partial charge in [0.1, 0.15) is 0 Å². The molecule has 0 aliphatic heterocycles. The molecule has 2 aromatic rings. The third-order valence-corrected chi connectivity index (χ3v) is 1.88. The van der Waals surface area contributed by atoms with Crippen molar-refractivity contribution in [1.82, 2.24) is 9.55 Å². The van der Waals surface area contributed by atoms with Crippen LogP contribution >= 0.6 is 0 Å². The molecule has 0 aliphatic carbocycles. The maximum Gasteiger partial charge on any atom is 0.240 e. The molecule has 0 N–H and O–H groups in total. The Morgan fingerprint density at radius 1 is 1.54 bits per heavy atom. The molecule has 0 aliphatic rings. The fourth-order valence-electron chi connectivity index (χ4n) is 1.25. The van der Waals surface area contributed by atoms with Crippen molar-refractivity contribution in [2.24, 2.45) is 12.0 Å². The molecule has 0 unspecified atom stereocenters. The highest BCUT2D eigenvalue weighted by atomic mass is 16.1. The summed E-state index contributed by atoms with van der Waals surface area (Å²) >= 11 is 0. The first-order chi connectivity index (χ1) is 6.31. The monoisotopic (exact) mass is 173 g/mol. The summed E-state index contributed by atoms with van der Waals surface area (Å²) in [6, 6.07) is 5.38. The van der Waals surface area contributed by atoms with Gasteiger partial charge in [-0.05, 0) is 18.2 Å². The minimum atomic E-state index is 0.584. The summed E-state index contributed by atoms with van der Waals surface area (Å²) in [7, 11) is 1.91. The molecule has 13 heavy (non-hydrogen) atoms. The largest absolute Gasteiger partial charge is 0.334 e. The quantitative estimate of drug-likeness (QED) is 0.485. The van der Waals surface area contributed by atoms with E-state index >= 15 is 0 Å². The number of imidazole rings is 1. The van der Waals surface area contributed by atoms with Crippen LogP contribution in [0.5, 0.6) is 0 Å². The first-order valence-electron chi connectivity index (χ1n) is 3.80. The fraction of sp³-hybridized carbons (Fsp3) is 0.111. The predicted octanol–water partition coefficient (Wildman–Crippen LogP) is 1.54. The Balaban J connectivity index is 2.69. The van der Waals surface area contributed by atoms with Gasteiger partial charge in [0, 0.05) is 7.05 Å². The van der Waals surface area contributed by atoms with Crippen molar-refractivity contribution in [3.8, 4) is 0 Å². The molecule has 64 valence electrons. The van der Waals surface area contributed by atoms with Crippen molar-refractivity contribution in [1.29, 1.82) is 0 Å². The van der Waals surface area contributed by atoms with Gasteiger partial charge in [-0.3, -0.25) is 0 Å². The van der Waals surface area contributed by atoms with E-state index in [2.05, 4.69) is 9.98 Å². The normalized spacial score (nSPS) is 9.92. The Morgan fingerprint density at radius 3 is 3.15 bits per heavy atom. The molecule has 0 spiro atoms. The summed E-state index contributed by atoms with van der Waals surface area (Å²) in [5, 5.41) is 0. The van der Waals surface area contributed by atoms with E-state index in [0.717, 1.165) is 11.0 Å². The molecule has 1 aromatic carbocycles. The Kier molecular flexibility index (Phi) is 1.69.